The van der Waals surface area contributed by atoms with Crippen LogP contribution in [0, 0.1) is 23.2 Å². The van der Waals surface area contributed by atoms with Gasteiger partial charge in [-0.1, -0.05) is 6.92 Å². The van der Waals surface area contributed by atoms with Crippen LogP contribution in [0.15, 0.2) is 0 Å². The van der Waals surface area contributed by atoms with Crippen LogP contribution in [0.5, 0.6) is 0 Å². The lowest BCUT2D eigenvalue weighted by atomic mass is 9.44. The summed E-state index contributed by atoms with van der Waals surface area (Å²) in [5, 5.41) is 0. The molecule has 0 radical (unpaired) electrons. The lowest BCUT2D eigenvalue weighted by molar-refractivity contribution is -0.122. The molecular weight excluding hydrogens is 120 g/mol. The molecule has 0 aliphatic heterocycles. The van der Waals surface area contributed by atoms with Crippen LogP contribution in [-0.2, 0) is 0 Å². The molecule has 0 aromatic heterocycles. The van der Waals surface area contributed by atoms with Gasteiger partial charge in [0.15, 0.2) is 0 Å². The summed E-state index contributed by atoms with van der Waals surface area (Å²) in [4.78, 5) is 0. The minimum absolute atomic E-state index is 0.931. The van der Waals surface area contributed by atoms with E-state index < -0.39 is 0 Å². The van der Waals surface area contributed by atoms with Gasteiger partial charge in [0.1, 0.15) is 0 Å². The largest absolute Gasteiger partial charge is 0.0619 e. The molecule has 3 rings (SSSR count). The molecule has 0 heterocycles. The molecule has 1 spiro atoms. The summed E-state index contributed by atoms with van der Waals surface area (Å²) in [7, 11) is 0. The van der Waals surface area contributed by atoms with E-state index in [1.54, 1.807) is 32.1 Å². The van der Waals surface area contributed by atoms with E-state index in [0.717, 1.165) is 11.3 Å². The first-order valence-electron chi connectivity index (χ1n) is 4.84. The van der Waals surface area contributed by atoms with E-state index in [0.29, 0.717) is 0 Å². The van der Waals surface area contributed by atoms with Crippen molar-refractivity contribution in [1.29, 1.82) is 0 Å². The quantitative estimate of drug-likeness (QED) is 0.480. The zero-order chi connectivity index (χ0) is 6.77. The first kappa shape index (κ1) is 5.62. The Morgan fingerprint density at radius 2 is 1.90 bits per heavy atom. The van der Waals surface area contributed by atoms with Crippen LogP contribution in [0.2, 0.25) is 0 Å². The van der Waals surface area contributed by atoms with Crippen molar-refractivity contribution in [3.63, 3.8) is 0 Å². The van der Waals surface area contributed by atoms with Crippen molar-refractivity contribution in [1.82, 2.24) is 0 Å². The molecule has 0 amide bonds. The molecule has 0 bridgehead atoms. The van der Waals surface area contributed by atoms with Gasteiger partial charge in [0.05, 0.1) is 0 Å². The topological polar surface area (TPSA) is 0 Å². The van der Waals surface area contributed by atoms with Crippen LogP contribution in [-0.4, -0.2) is 0 Å². The van der Waals surface area contributed by atoms with E-state index in [4.69, 9.17) is 0 Å². The van der Waals surface area contributed by atoms with Gasteiger partial charge in [-0.2, -0.15) is 0 Å². The lowest BCUT2D eigenvalue weighted by Crippen LogP contribution is -2.53. The van der Waals surface area contributed by atoms with E-state index in [-0.39, 0.29) is 0 Å². The standard InChI is InChI=1S/C10H16/c1-7-6-9-3-2-8-4-5-10(7,8)9/h7-9H,2-6H2,1H3. The van der Waals surface area contributed by atoms with Gasteiger partial charge in [-0.15, -0.1) is 0 Å². The highest BCUT2D eigenvalue weighted by Gasteiger charge is 2.64. The third-order valence-electron chi connectivity index (χ3n) is 4.87. The Morgan fingerprint density at radius 1 is 1.10 bits per heavy atom. The molecule has 0 N–H and O–H groups in total. The summed E-state index contributed by atoms with van der Waals surface area (Å²) in [6, 6.07) is 0. The molecular formula is C10H16. The molecule has 3 aliphatic carbocycles. The second kappa shape index (κ2) is 1.44. The zero-order valence-electron chi connectivity index (χ0n) is 6.77. The smallest absolute Gasteiger partial charge is 0.0215 e. The maximum atomic E-state index is 2.48. The van der Waals surface area contributed by atoms with E-state index in [1.807, 2.05) is 0 Å². The monoisotopic (exact) mass is 136 g/mol. The van der Waals surface area contributed by atoms with E-state index in [2.05, 4.69) is 6.92 Å². The van der Waals surface area contributed by atoms with E-state index in [1.165, 1.54) is 11.8 Å². The normalized spacial score (nSPS) is 63.9. The SMILES string of the molecule is CC1CC2CCC3CCC132. The molecule has 3 fully saturated rings. The Kier molecular flexibility index (Phi) is 0.810. The summed E-state index contributed by atoms with van der Waals surface area (Å²) in [5.74, 6) is 3.46. The predicted molar refractivity (Wildman–Crippen MR) is 41.7 cm³/mol. The number of hydrogen-bond acceptors (Lipinski definition) is 0. The van der Waals surface area contributed by atoms with E-state index in [9.17, 15) is 0 Å². The van der Waals surface area contributed by atoms with Gasteiger partial charge in [-0.05, 0) is 55.3 Å². The molecule has 3 saturated carbocycles. The van der Waals surface area contributed by atoms with Crippen LogP contribution in [0.1, 0.15) is 39.0 Å². The highest BCUT2D eigenvalue weighted by atomic mass is 14.7. The summed E-state index contributed by atoms with van der Waals surface area (Å²) < 4.78 is 0. The van der Waals surface area contributed by atoms with Crippen LogP contribution in [0.3, 0.4) is 0 Å². The minimum Gasteiger partial charge on any atom is -0.0619 e. The van der Waals surface area contributed by atoms with Crippen molar-refractivity contribution in [3.8, 4) is 0 Å². The Morgan fingerprint density at radius 3 is 2.30 bits per heavy atom. The molecule has 56 valence electrons. The third-order valence-corrected chi connectivity index (χ3v) is 4.87. The first-order valence-corrected chi connectivity index (χ1v) is 4.84. The Balaban J connectivity index is 1.96. The van der Waals surface area contributed by atoms with Crippen molar-refractivity contribution in [3.05, 3.63) is 0 Å². The highest BCUT2D eigenvalue weighted by molar-refractivity contribution is 5.13. The molecule has 0 saturated heterocycles. The van der Waals surface area contributed by atoms with Gasteiger partial charge in [0.25, 0.3) is 0 Å². The summed E-state index contributed by atoms with van der Waals surface area (Å²) in [6.45, 7) is 2.48. The number of hydrogen-bond donors (Lipinski definition) is 0. The van der Waals surface area contributed by atoms with Crippen molar-refractivity contribution in [2.45, 2.75) is 39.0 Å². The van der Waals surface area contributed by atoms with Crippen molar-refractivity contribution in [2.24, 2.45) is 23.2 Å². The summed E-state index contributed by atoms with van der Waals surface area (Å²) >= 11 is 0. The van der Waals surface area contributed by atoms with Crippen LogP contribution >= 0.6 is 0 Å². The molecule has 0 aromatic rings. The van der Waals surface area contributed by atoms with Gasteiger partial charge in [0.2, 0.25) is 0 Å². The molecule has 3 aliphatic rings. The third kappa shape index (κ3) is 0.360. The fourth-order valence-electron chi connectivity index (χ4n) is 4.18. The average Bonchev–Trinajstić information content (AvgIpc) is 2.00. The first-order chi connectivity index (χ1) is 4.84. The molecule has 0 aromatic carbocycles. The molecule has 0 nitrogen and oxygen atoms in total. The summed E-state index contributed by atoms with van der Waals surface area (Å²) in [6.07, 6.45) is 7.88. The Labute approximate surface area is 63.0 Å². The highest BCUT2D eigenvalue weighted by Crippen LogP contribution is 2.72. The van der Waals surface area contributed by atoms with Crippen LogP contribution < -0.4 is 0 Å². The molecule has 0 heteroatoms. The van der Waals surface area contributed by atoms with Gasteiger partial charge in [0, 0.05) is 0 Å². The average molecular weight is 136 g/mol. The minimum atomic E-state index is 0.931. The zero-order valence-corrected chi connectivity index (χ0v) is 6.77. The second-order valence-corrected chi connectivity index (χ2v) is 4.76. The fraction of sp³-hybridized carbons (Fsp3) is 1.00. The van der Waals surface area contributed by atoms with Gasteiger partial charge >= 0.3 is 0 Å². The van der Waals surface area contributed by atoms with Crippen LogP contribution in [0.25, 0.3) is 0 Å². The Bertz CT molecular complexity index is 162. The predicted octanol–water partition coefficient (Wildman–Crippen LogP) is 2.83. The van der Waals surface area contributed by atoms with Crippen molar-refractivity contribution >= 4 is 0 Å². The van der Waals surface area contributed by atoms with Gasteiger partial charge in [-0.3, -0.25) is 0 Å². The van der Waals surface area contributed by atoms with Gasteiger partial charge < -0.3 is 0 Å². The Hall–Kier alpha value is 0. The van der Waals surface area contributed by atoms with Crippen LogP contribution in [0.4, 0.5) is 0 Å². The van der Waals surface area contributed by atoms with Crippen molar-refractivity contribution in [2.75, 3.05) is 0 Å². The summed E-state index contributed by atoms with van der Waals surface area (Å²) in [5.41, 5.74) is 0.931. The maximum absolute atomic E-state index is 2.48. The molecule has 4 atom stereocenters. The number of rotatable bonds is 0. The van der Waals surface area contributed by atoms with Crippen molar-refractivity contribution < 1.29 is 0 Å². The second-order valence-electron chi connectivity index (χ2n) is 4.76. The molecule has 4 unspecified atom stereocenters. The fourth-order valence-corrected chi connectivity index (χ4v) is 4.18. The lowest BCUT2D eigenvalue weighted by Gasteiger charge is -2.61. The maximum Gasteiger partial charge on any atom is -0.0215 e. The molecule has 10 heavy (non-hydrogen) atoms. The van der Waals surface area contributed by atoms with Gasteiger partial charge in [-0.25, -0.2) is 0 Å². The van der Waals surface area contributed by atoms with E-state index >= 15 is 0 Å².